The number of thiophene rings is 1. The fourth-order valence-corrected chi connectivity index (χ4v) is 3.64. The lowest BCUT2D eigenvalue weighted by Gasteiger charge is -2.17. The molecule has 2 aromatic rings. The van der Waals surface area contributed by atoms with E-state index in [9.17, 15) is 4.79 Å². The number of hydrogen-bond donors (Lipinski definition) is 1. The molecule has 2 aromatic heterocycles. The van der Waals surface area contributed by atoms with Gasteiger partial charge in [0.25, 0.3) is 5.91 Å². The topological polar surface area (TPSA) is 59.2 Å². The minimum absolute atomic E-state index is 0.00250. The van der Waals surface area contributed by atoms with Gasteiger partial charge in [-0.15, -0.1) is 11.3 Å². The Balaban J connectivity index is 1.89. The Morgan fingerprint density at radius 3 is 3.05 bits per heavy atom. The third kappa shape index (κ3) is 2.10. The lowest BCUT2D eigenvalue weighted by Crippen LogP contribution is -2.26. The largest absolute Gasteiger partial charge is 0.396 e. The predicted octanol–water partition coefficient (Wildman–Crippen LogP) is 2.49. The van der Waals surface area contributed by atoms with E-state index in [0.29, 0.717) is 11.4 Å². The lowest BCUT2D eigenvalue weighted by molar-refractivity contribution is 0.0997. The molecule has 0 saturated carbocycles. The molecule has 98 valence electrons. The summed E-state index contributed by atoms with van der Waals surface area (Å²) >= 11 is 1.61. The van der Waals surface area contributed by atoms with Crippen LogP contribution in [0.3, 0.4) is 0 Å². The Labute approximate surface area is 115 Å². The molecule has 0 saturated heterocycles. The number of nitrogens with zero attached hydrogens (tertiary/aromatic N) is 2. The van der Waals surface area contributed by atoms with E-state index in [1.54, 1.807) is 41.7 Å². The van der Waals surface area contributed by atoms with Crippen molar-refractivity contribution in [1.29, 1.82) is 0 Å². The smallest absolute Gasteiger partial charge is 0.268 e. The van der Waals surface area contributed by atoms with Gasteiger partial charge in [-0.2, -0.15) is 0 Å². The SMILES string of the molecule is CN(C(=O)c1cc2c(s1)CCC2)c1ccncc1N. The number of nitrogens with two attached hydrogens (primary N) is 1. The van der Waals surface area contributed by atoms with Crippen molar-refractivity contribution < 1.29 is 4.79 Å². The number of aryl methyl sites for hydroxylation is 2. The highest BCUT2D eigenvalue weighted by Crippen LogP contribution is 2.32. The zero-order valence-corrected chi connectivity index (χ0v) is 11.5. The third-order valence-electron chi connectivity index (χ3n) is 3.45. The van der Waals surface area contributed by atoms with E-state index >= 15 is 0 Å². The first-order valence-corrected chi connectivity index (χ1v) is 7.07. The van der Waals surface area contributed by atoms with Gasteiger partial charge < -0.3 is 10.6 Å². The highest BCUT2D eigenvalue weighted by atomic mass is 32.1. The quantitative estimate of drug-likeness (QED) is 0.914. The van der Waals surface area contributed by atoms with Crippen molar-refractivity contribution in [3.05, 3.63) is 39.8 Å². The van der Waals surface area contributed by atoms with Crippen molar-refractivity contribution in [3.63, 3.8) is 0 Å². The predicted molar refractivity (Wildman–Crippen MR) is 77.7 cm³/mol. The van der Waals surface area contributed by atoms with Crippen LogP contribution < -0.4 is 10.6 Å². The second-order valence-electron chi connectivity index (χ2n) is 4.71. The summed E-state index contributed by atoms with van der Waals surface area (Å²) in [6.45, 7) is 0. The highest BCUT2D eigenvalue weighted by Gasteiger charge is 2.22. The number of fused-ring (bicyclic) bond motifs is 1. The molecule has 2 N–H and O–H groups in total. The van der Waals surface area contributed by atoms with Crippen LogP contribution in [0, 0.1) is 0 Å². The Morgan fingerprint density at radius 1 is 1.47 bits per heavy atom. The second kappa shape index (κ2) is 4.66. The van der Waals surface area contributed by atoms with E-state index < -0.39 is 0 Å². The van der Waals surface area contributed by atoms with Crippen LogP contribution in [0.25, 0.3) is 0 Å². The summed E-state index contributed by atoms with van der Waals surface area (Å²) in [6.07, 6.45) is 6.62. The molecule has 0 atom stereocenters. The average molecular weight is 273 g/mol. The number of carbonyl (C=O) groups excluding carboxylic acids is 1. The van der Waals surface area contributed by atoms with E-state index in [2.05, 4.69) is 4.98 Å². The molecule has 3 rings (SSSR count). The van der Waals surface area contributed by atoms with Crippen LogP contribution in [-0.2, 0) is 12.8 Å². The molecule has 0 fully saturated rings. The second-order valence-corrected chi connectivity index (χ2v) is 5.85. The Kier molecular flexibility index (Phi) is 2.98. The lowest BCUT2D eigenvalue weighted by atomic mass is 10.2. The number of anilines is 2. The van der Waals surface area contributed by atoms with Gasteiger partial charge in [0.05, 0.1) is 22.4 Å². The van der Waals surface area contributed by atoms with Gasteiger partial charge in [0.2, 0.25) is 0 Å². The van der Waals surface area contributed by atoms with Crippen molar-refractivity contribution >= 4 is 28.6 Å². The van der Waals surface area contributed by atoms with E-state index in [1.165, 1.54) is 16.9 Å². The van der Waals surface area contributed by atoms with Crippen molar-refractivity contribution in [1.82, 2.24) is 4.98 Å². The number of pyridine rings is 1. The third-order valence-corrected chi connectivity index (χ3v) is 4.68. The number of nitrogen functional groups attached to an aromatic ring is 1. The standard InChI is InChI=1S/C14H15N3OS/c1-17(11-5-6-16-8-10(11)15)14(18)13-7-9-3-2-4-12(9)19-13/h5-8H,2-4,15H2,1H3. The molecule has 1 amide bonds. The van der Waals surface area contributed by atoms with E-state index in [1.807, 2.05) is 6.07 Å². The average Bonchev–Trinajstić information content (AvgIpc) is 2.98. The molecular formula is C14H15N3OS. The summed E-state index contributed by atoms with van der Waals surface area (Å²) in [5.41, 5.74) is 8.41. The Morgan fingerprint density at radius 2 is 2.32 bits per heavy atom. The van der Waals surface area contributed by atoms with Gasteiger partial charge in [-0.3, -0.25) is 9.78 Å². The van der Waals surface area contributed by atoms with Gasteiger partial charge in [-0.05, 0) is 37.0 Å². The molecule has 0 aliphatic heterocycles. The minimum Gasteiger partial charge on any atom is -0.396 e. The van der Waals surface area contributed by atoms with Crippen molar-refractivity contribution in [2.24, 2.45) is 0 Å². The summed E-state index contributed by atoms with van der Waals surface area (Å²) in [4.78, 5) is 20.2. The molecular weight excluding hydrogens is 258 g/mol. The molecule has 1 aliphatic carbocycles. The summed E-state index contributed by atoms with van der Waals surface area (Å²) < 4.78 is 0. The van der Waals surface area contributed by atoms with Crippen LogP contribution in [0.2, 0.25) is 0 Å². The molecule has 0 bridgehead atoms. The zero-order valence-electron chi connectivity index (χ0n) is 10.7. The van der Waals surface area contributed by atoms with Crippen molar-refractivity contribution in [2.45, 2.75) is 19.3 Å². The maximum Gasteiger partial charge on any atom is 0.268 e. The molecule has 0 unspecified atom stereocenters. The van der Waals surface area contributed by atoms with Gasteiger partial charge >= 0.3 is 0 Å². The van der Waals surface area contributed by atoms with E-state index in [-0.39, 0.29) is 5.91 Å². The summed E-state index contributed by atoms with van der Waals surface area (Å²) in [6, 6.07) is 3.79. The van der Waals surface area contributed by atoms with Crippen LogP contribution >= 0.6 is 11.3 Å². The molecule has 19 heavy (non-hydrogen) atoms. The van der Waals surface area contributed by atoms with Crippen molar-refractivity contribution in [2.75, 3.05) is 17.7 Å². The summed E-state index contributed by atoms with van der Waals surface area (Å²) in [7, 11) is 1.75. The zero-order chi connectivity index (χ0) is 13.4. The van der Waals surface area contributed by atoms with Crippen LogP contribution in [-0.4, -0.2) is 17.9 Å². The van der Waals surface area contributed by atoms with Gasteiger partial charge in [-0.1, -0.05) is 0 Å². The fraction of sp³-hybridized carbons (Fsp3) is 0.286. The monoisotopic (exact) mass is 273 g/mol. The molecule has 4 nitrogen and oxygen atoms in total. The van der Waals surface area contributed by atoms with Gasteiger partial charge in [0.1, 0.15) is 0 Å². The van der Waals surface area contributed by atoms with Gasteiger partial charge in [0, 0.05) is 18.1 Å². The Hall–Kier alpha value is -1.88. The number of hydrogen-bond acceptors (Lipinski definition) is 4. The van der Waals surface area contributed by atoms with E-state index in [4.69, 9.17) is 5.73 Å². The molecule has 1 aliphatic rings. The molecule has 0 spiro atoms. The number of amides is 1. The highest BCUT2D eigenvalue weighted by molar-refractivity contribution is 7.14. The fourth-order valence-electron chi connectivity index (χ4n) is 2.41. The molecule has 2 heterocycles. The Bertz CT molecular complexity index is 614. The first-order valence-electron chi connectivity index (χ1n) is 6.26. The van der Waals surface area contributed by atoms with Gasteiger partial charge in [0.15, 0.2) is 0 Å². The van der Waals surface area contributed by atoms with Crippen LogP contribution in [0.1, 0.15) is 26.5 Å². The van der Waals surface area contributed by atoms with Crippen LogP contribution in [0.5, 0.6) is 0 Å². The number of carbonyl (C=O) groups is 1. The van der Waals surface area contributed by atoms with Crippen LogP contribution in [0.15, 0.2) is 24.5 Å². The minimum atomic E-state index is -0.00250. The maximum absolute atomic E-state index is 12.5. The summed E-state index contributed by atoms with van der Waals surface area (Å²) in [5.74, 6) is -0.00250. The first kappa shape index (κ1) is 12.2. The number of rotatable bonds is 2. The molecule has 0 radical (unpaired) electrons. The summed E-state index contributed by atoms with van der Waals surface area (Å²) in [5, 5.41) is 0. The van der Waals surface area contributed by atoms with Gasteiger partial charge in [-0.25, -0.2) is 0 Å². The van der Waals surface area contributed by atoms with Crippen molar-refractivity contribution in [3.8, 4) is 0 Å². The number of aromatic nitrogens is 1. The molecule has 0 aromatic carbocycles. The van der Waals surface area contributed by atoms with E-state index in [0.717, 1.165) is 17.7 Å². The van der Waals surface area contributed by atoms with Crippen LogP contribution in [0.4, 0.5) is 11.4 Å². The first-order chi connectivity index (χ1) is 9.16. The normalized spacial score (nSPS) is 13.3. The molecule has 5 heteroatoms. The maximum atomic E-state index is 12.5.